The van der Waals surface area contributed by atoms with Gasteiger partial charge in [0.15, 0.2) is 5.78 Å². The van der Waals surface area contributed by atoms with Crippen molar-refractivity contribution in [3.05, 3.63) is 59.7 Å². The van der Waals surface area contributed by atoms with Crippen molar-refractivity contribution >= 4 is 21.7 Å². The normalized spacial score (nSPS) is 18.0. The SMILES string of the molecule is COc1ccc(C2C(=O)NCCN2S(=O)(=O)c2ccc(C(C)=O)cc2)cc1. The molecule has 1 N–H and O–H groups in total. The molecule has 0 aromatic heterocycles. The molecule has 2 aromatic carbocycles. The van der Waals surface area contributed by atoms with Gasteiger partial charge in [-0.3, -0.25) is 9.59 Å². The van der Waals surface area contributed by atoms with Gasteiger partial charge < -0.3 is 10.1 Å². The van der Waals surface area contributed by atoms with Gasteiger partial charge in [0.05, 0.1) is 12.0 Å². The Kier molecular flexibility index (Phi) is 5.29. The highest BCUT2D eigenvalue weighted by molar-refractivity contribution is 7.89. The Bertz CT molecular complexity index is 953. The number of carbonyl (C=O) groups is 2. The van der Waals surface area contributed by atoms with E-state index in [-0.39, 0.29) is 29.7 Å². The van der Waals surface area contributed by atoms with Crippen molar-refractivity contribution in [3.63, 3.8) is 0 Å². The second kappa shape index (κ2) is 7.50. The van der Waals surface area contributed by atoms with Gasteiger partial charge in [-0.05, 0) is 36.8 Å². The molecule has 7 nitrogen and oxygen atoms in total. The van der Waals surface area contributed by atoms with Crippen LogP contribution in [0.15, 0.2) is 53.4 Å². The van der Waals surface area contributed by atoms with Gasteiger partial charge in [-0.1, -0.05) is 24.3 Å². The number of hydrogen-bond donors (Lipinski definition) is 1. The van der Waals surface area contributed by atoms with E-state index in [1.54, 1.807) is 24.3 Å². The fraction of sp³-hybridized carbons (Fsp3) is 0.263. The van der Waals surface area contributed by atoms with Gasteiger partial charge in [0, 0.05) is 18.7 Å². The lowest BCUT2D eigenvalue weighted by atomic mass is 10.0. The van der Waals surface area contributed by atoms with E-state index < -0.39 is 16.1 Å². The Morgan fingerprint density at radius 2 is 1.74 bits per heavy atom. The van der Waals surface area contributed by atoms with Crippen LogP contribution in [-0.4, -0.2) is 44.6 Å². The molecule has 2 aromatic rings. The smallest absolute Gasteiger partial charge is 0.244 e. The van der Waals surface area contributed by atoms with Crippen molar-refractivity contribution in [1.82, 2.24) is 9.62 Å². The quantitative estimate of drug-likeness (QED) is 0.788. The summed E-state index contributed by atoms with van der Waals surface area (Å²) in [6.07, 6.45) is 0. The van der Waals surface area contributed by atoms with Crippen molar-refractivity contribution in [2.75, 3.05) is 20.2 Å². The number of hydrogen-bond acceptors (Lipinski definition) is 5. The van der Waals surface area contributed by atoms with Crippen LogP contribution in [0.25, 0.3) is 0 Å². The first-order chi connectivity index (χ1) is 12.8. The molecule has 1 atom stereocenters. The van der Waals surface area contributed by atoms with E-state index in [2.05, 4.69) is 5.32 Å². The van der Waals surface area contributed by atoms with E-state index >= 15 is 0 Å². The third-order valence-corrected chi connectivity index (χ3v) is 6.35. The zero-order valence-corrected chi connectivity index (χ0v) is 15.8. The molecule has 0 radical (unpaired) electrons. The molecule has 8 heteroatoms. The van der Waals surface area contributed by atoms with Crippen LogP contribution in [0.3, 0.4) is 0 Å². The maximum atomic E-state index is 13.2. The Morgan fingerprint density at radius 3 is 2.30 bits per heavy atom. The minimum atomic E-state index is -3.92. The highest BCUT2D eigenvalue weighted by Gasteiger charge is 2.39. The van der Waals surface area contributed by atoms with Crippen molar-refractivity contribution < 1.29 is 22.7 Å². The summed E-state index contributed by atoms with van der Waals surface area (Å²) < 4.78 is 32.6. The molecule has 27 heavy (non-hydrogen) atoms. The lowest BCUT2D eigenvalue weighted by Crippen LogP contribution is -2.52. The van der Waals surface area contributed by atoms with Gasteiger partial charge in [-0.2, -0.15) is 4.31 Å². The lowest BCUT2D eigenvalue weighted by Gasteiger charge is -2.34. The summed E-state index contributed by atoms with van der Waals surface area (Å²) in [4.78, 5) is 23.9. The zero-order valence-electron chi connectivity index (χ0n) is 15.0. The number of benzene rings is 2. The van der Waals surface area contributed by atoms with Crippen molar-refractivity contribution in [3.8, 4) is 5.75 Å². The summed E-state index contributed by atoms with van der Waals surface area (Å²) in [5.74, 6) is 0.0898. The molecule has 1 fully saturated rings. The van der Waals surface area contributed by atoms with Crippen LogP contribution < -0.4 is 10.1 Å². The number of ketones is 1. The summed E-state index contributed by atoms with van der Waals surface area (Å²) in [5.41, 5.74) is 0.981. The van der Waals surface area contributed by atoms with Crippen molar-refractivity contribution in [2.45, 2.75) is 17.9 Å². The first-order valence-corrected chi connectivity index (χ1v) is 9.83. The van der Waals surface area contributed by atoms with Gasteiger partial charge in [-0.25, -0.2) is 8.42 Å². The van der Waals surface area contributed by atoms with Gasteiger partial charge in [0.25, 0.3) is 0 Å². The fourth-order valence-electron chi connectivity index (χ4n) is 3.01. The minimum Gasteiger partial charge on any atom is -0.497 e. The standard InChI is InChI=1S/C19H20N2O5S/c1-13(22)14-5-9-17(10-6-14)27(24,25)21-12-11-20-19(23)18(21)15-3-7-16(26-2)8-4-15/h3-10,18H,11-12H2,1-2H3,(H,20,23). The average molecular weight is 388 g/mol. The van der Waals surface area contributed by atoms with Crippen LogP contribution in [0, 0.1) is 0 Å². The molecular formula is C19H20N2O5S. The number of nitrogens with zero attached hydrogens (tertiary/aromatic N) is 1. The Morgan fingerprint density at radius 1 is 1.11 bits per heavy atom. The molecule has 1 amide bonds. The van der Waals surface area contributed by atoms with Gasteiger partial charge >= 0.3 is 0 Å². The number of nitrogens with one attached hydrogen (secondary N) is 1. The molecule has 1 heterocycles. The predicted octanol–water partition coefficient (Wildman–Crippen LogP) is 1.76. The summed E-state index contributed by atoms with van der Waals surface area (Å²) >= 11 is 0. The summed E-state index contributed by atoms with van der Waals surface area (Å²) in [5, 5.41) is 2.72. The summed E-state index contributed by atoms with van der Waals surface area (Å²) in [6, 6.07) is 11.5. The fourth-order valence-corrected chi connectivity index (χ4v) is 4.58. The van der Waals surface area contributed by atoms with E-state index in [4.69, 9.17) is 4.74 Å². The van der Waals surface area contributed by atoms with Crippen molar-refractivity contribution in [1.29, 1.82) is 0 Å². The lowest BCUT2D eigenvalue weighted by molar-refractivity contribution is -0.126. The van der Waals surface area contributed by atoms with Crippen LogP contribution in [0.1, 0.15) is 28.9 Å². The van der Waals surface area contributed by atoms with Crippen LogP contribution in [0.2, 0.25) is 0 Å². The highest BCUT2D eigenvalue weighted by atomic mass is 32.2. The second-order valence-corrected chi connectivity index (χ2v) is 8.05. The zero-order chi connectivity index (χ0) is 19.6. The molecule has 0 saturated carbocycles. The highest BCUT2D eigenvalue weighted by Crippen LogP contribution is 2.30. The number of methoxy groups -OCH3 is 1. The third-order valence-electron chi connectivity index (χ3n) is 4.47. The van der Waals surface area contributed by atoms with E-state index in [9.17, 15) is 18.0 Å². The first-order valence-electron chi connectivity index (χ1n) is 8.39. The largest absolute Gasteiger partial charge is 0.497 e. The Hall–Kier alpha value is -2.71. The average Bonchev–Trinajstić information content (AvgIpc) is 2.68. The van der Waals surface area contributed by atoms with Crippen LogP contribution >= 0.6 is 0 Å². The minimum absolute atomic E-state index is 0.0423. The molecule has 1 saturated heterocycles. The van der Waals surface area contributed by atoms with Crippen molar-refractivity contribution in [2.24, 2.45) is 0 Å². The van der Waals surface area contributed by atoms with Gasteiger partial charge in [0.1, 0.15) is 11.8 Å². The molecule has 142 valence electrons. The molecule has 0 aliphatic carbocycles. The molecule has 1 aliphatic rings. The first kappa shape index (κ1) is 19.1. The number of rotatable bonds is 5. The summed E-state index contributed by atoms with van der Waals surface area (Å²) in [6.45, 7) is 1.80. The van der Waals surface area contributed by atoms with Crippen LogP contribution in [-0.2, 0) is 14.8 Å². The van der Waals surface area contributed by atoms with Gasteiger partial charge in [0.2, 0.25) is 15.9 Å². The second-order valence-electron chi connectivity index (χ2n) is 6.16. The number of piperazine rings is 1. The number of carbonyl (C=O) groups excluding carboxylic acids is 2. The summed E-state index contributed by atoms with van der Waals surface area (Å²) in [7, 11) is -2.39. The van der Waals surface area contributed by atoms with Crippen LogP contribution in [0.4, 0.5) is 0 Å². The van der Waals surface area contributed by atoms with E-state index in [0.717, 1.165) is 0 Å². The monoisotopic (exact) mass is 388 g/mol. The van der Waals surface area contributed by atoms with E-state index in [1.165, 1.54) is 42.6 Å². The Labute approximate surface area is 158 Å². The topological polar surface area (TPSA) is 92.8 Å². The molecule has 0 spiro atoms. The molecular weight excluding hydrogens is 368 g/mol. The molecule has 1 aliphatic heterocycles. The van der Waals surface area contributed by atoms with Crippen LogP contribution in [0.5, 0.6) is 5.75 Å². The number of sulfonamides is 1. The number of Topliss-reactive ketones (excluding diaryl/α,β-unsaturated/α-hetero) is 1. The number of ether oxygens (including phenoxy) is 1. The maximum Gasteiger partial charge on any atom is 0.244 e. The van der Waals surface area contributed by atoms with E-state index in [1.807, 2.05) is 0 Å². The third kappa shape index (κ3) is 3.72. The van der Waals surface area contributed by atoms with Gasteiger partial charge in [-0.15, -0.1) is 0 Å². The molecule has 1 unspecified atom stereocenters. The molecule has 3 rings (SSSR count). The molecule has 0 bridgehead atoms. The Balaban J connectivity index is 1.99. The predicted molar refractivity (Wildman–Crippen MR) is 99.1 cm³/mol. The van der Waals surface area contributed by atoms with E-state index in [0.29, 0.717) is 16.9 Å². The maximum absolute atomic E-state index is 13.2. The number of amides is 1.